The summed E-state index contributed by atoms with van der Waals surface area (Å²) in [6, 6.07) is 8.26. The zero-order valence-electron chi connectivity index (χ0n) is 15.9. The highest BCUT2D eigenvalue weighted by Crippen LogP contribution is 2.26. The Bertz CT molecular complexity index is 844. The van der Waals surface area contributed by atoms with Crippen molar-refractivity contribution >= 4 is 23.2 Å². The number of likely N-dealkylation sites (tertiary alicyclic amines) is 1. The summed E-state index contributed by atoms with van der Waals surface area (Å²) in [7, 11) is 2.00. The number of carbonyl (C=O) groups excluding carboxylic acids is 1. The minimum absolute atomic E-state index is 0.0211. The molecule has 0 bridgehead atoms. The molecule has 0 radical (unpaired) electrons. The fourth-order valence-corrected chi connectivity index (χ4v) is 3.92. The average Bonchev–Trinajstić information content (AvgIpc) is 2.92. The van der Waals surface area contributed by atoms with Crippen molar-refractivity contribution in [1.82, 2.24) is 14.8 Å². The second-order valence-corrected chi connectivity index (χ2v) is 7.55. The number of nitro benzene ring substituents is 1. The molecule has 28 heavy (non-hydrogen) atoms. The molecule has 1 atom stereocenters. The number of carbonyl (C=O) groups is 1. The Balaban J connectivity index is 1.76. The summed E-state index contributed by atoms with van der Waals surface area (Å²) >= 11 is 5.84. The smallest absolute Gasteiger partial charge is 0.288 e. The monoisotopic (exact) mass is 404 g/mol. The van der Waals surface area contributed by atoms with Crippen LogP contribution in [-0.2, 0) is 7.05 Å². The molecule has 1 aromatic carbocycles. The van der Waals surface area contributed by atoms with Gasteiger partial charge in [-0.25, -0.2) is 0 Å². The lowest BCUT2D eigenvalue weighted by Crippen LogP contribution is -2.39. The topological polar surface area (TPSA) is 80.4 Å². The van der Waals surface area contributed by atoms with E-state index >= 15 is 0 Å². The van der Waals surface area contributed by atoms with Crippen molar-refractivity contribution in [2.24, 2.45) is 7.05 Å². The van der Waals surface area contributed by atoms with E-state index in [1.807, 2.05) is 19.3 Å². The number of halogens is 1. The Morgan fingerprint density at radius 1 is 1.25 bits per heavy atom. The largest absolute Gasteiger partial charge is 0.353 e. The molecule has 1 amide bonds. The van der Waals surface area contributed by atoms with Gasteiger partial charge < -0.3 is 9.88 Å². The summed E-state index contributed by atoms with van der Waals surface area (Å²) in [5.41, 5.74) is 1.11. The molecule has 7 nitrogen and oxygen atoms in total. The van der Waals surface area contributed by atoms with Gasteiger partial charge in [0.05, 0.1) is 11.0 Å². The van der Waals surface area contributed by atoms with Crippen LogP contribution in [0.15, 0.2) is 36.5 Å². The fourth-order valence-electron chi connectivity index (χ4n) is 3.73. The number of nitro groups is 1. The van der Waals surface area contributed by atoms with Gasteiger partial charge >= 0.3 is 0 Å². The maximum atomic E-state index is 12.6. The SMILES string of the molecule is Cn1cccc1C(CNC(=O)c1ccc(Cl)c([N+](=O)[O-])c1)N1CCCCCC1. The van der Waals surface area contributed by atoms with Crippen molar-refractivity contribution in [3.63, 3.8) is 0 Å². The molecule has 0 spiro atoms. The van der Waals surface area contributed by atoms with Gasteiger partial charge in [-0.3, -0.25) is 19.8 Å². The molecule has 1 aromatic heterocycles. The number of hydrogen-bond acceptors (Lipinski definition) is 4. The Morgan fingerprint density at radius 2 is 1.96 bits per heavy atom. The number of aromatic nitrogens is 1. The molecule has 150 valence electrons. The van der Waals surface area contributed by atoms with Crippen molar-refractivity contribution < 1.29 is 9.72 Å². The van der Waals surface area contributed by atoms with Crippen LogP contribution in [0.25, 0.3) is 0 Å². The summed E-state index contributed by atoms with van der Waals surface area (Å²) in [6.45, 7) is 2.43. The highest BCUT2D eigenvalue weighted by molar-refractivity contribution is 6.32. The number of aryl methyl sites for hydroxylation is 1. The highest BCUT2D eigenvalue weighted by Gasteiger charge is 2.24. The zero-order valence-corrected chi connectivity index (χ0v) is 16.7. The van der Waals surface area contributed by atoms with Crippen LogP contribution in [0.1, 0.15) is 47.8 Å². The molecule has 1 unspecified atom stereocenters. The van der Waals surface area contributed by atoms with Crippen molar-refractivity contribution in [2.45, 2.75) is 31.7 Å². The average molecular weight is 405 g/mol. The molecule has 2 heterocycles. The molecule has 0 saturated carbocycles. The number of rotatable bonds is 6. The highest BCUT2D eigenvalue weighted by atomic mass is 35.5. The van der Waals surface area contributed by atoms with E-state index in [4.69, 9.17) is 11.6 Å². The van der Waals surface area contributed by atoms with Gasteiger partial charge in [-0.05, 0) is 50.2 Å². The molecule has 1 aliphatic heterocycles. The van der Waals surface area contributed by atoms with E-state index in [0.717, 1.165) is 31.6 Å². The molecule has 1 saturated heterocycles. The van der Waals surface area contributed by atoms with Crippen LogP contribution in [0.2, 0.25) is 5.02 Å². The summed E-state index contributed by atoms with van der Waals surface area (Å²) < 4.78 is 2.08. The first kappa shape index (κ1) is 20.4. The van der Waals surface area contributed by atoms with Crippen molar-refractivity contribution in [1.29, 1.82) is 0 Å². The second kappa shape index (κ2) is 9.21. The number of benzene rings is 1. The standard InChI is InChI=1S/C20H25ClN4O3/c1-23-10-6-7-17(23)19(24-11-4-2-3-5-12-24)14-22-20(26)15-8-9-16(21)18(13-15)25(27)28/h6-10,13,19H,2-5,11-12,14H2,1H3,(H,22,26). The summed E-state index contributed by atoms with van der Waals surface area (Å²) in [5, 5.41) is 14.1. The Labute approximate surface area is 169 Å². The predicted molar refractivity (Wildman–Crippen MR) is 109 cm³/mol. The van der Waals surface area contributed by atoms with E-state index in [1.165, 1.54) is 31.0 Å². The van der Waals surface area contributed by atoms with Gasteiger partial charge in [-0.1, -0.05) is 24.4 Å². The number of hydrogen-bond donors (Lipinski definition) is 1. The lowest BCUT2D eigenvalue weighted by Gasteiger charge is -2.31. The van der Waals surface area contributed by atoms with Crippen LogP contribution in [0, 0.1) is 10.1 Å². The van der Waals surface area contributed by atoms with Gasteiger partial charge in [-0.2, -0.15) is 0 Å². The molecular weight excluding hydrogens is 380 g/mol. The Morgan fingerprint density at radius 3 is 2.57 bits per heavy atom. The van der Waals surface area contributed by atoms with Crippen molar-refractivity contribution in [2.75, 3.05) is 19.6 Å². The Hall–Kier alpha value is -2.38. The maximum Gasteiger partial charge on any atom is 0.288 e. The van der Waals surface area contributed by atoms with Crippen LogP contribution >= 0.6 is 11.6 Å². The minimum atomic E-state index is -0.580. The van der Waals surface area contributed by atoms with E-state index in [2.05, 4.69) is 20.9 Å². The number of amides is 1. The first-order chi connectivity index (χ1) is 13.5. The molecule has 2 aromatic rings. The first-order valence-electron chi connectivity index (χ1n) is 9.55. The van der Waals surface area contributed by atoms with Crippen LogP contribution in [-0.4, -0.2) is 39.9 Å². The van der Waals surface area contributed by atoms with Gasteiger partial charge in [0.15, 0.2) is 0 Å². The van der Waals surface area contributed by atoms with E-state index in [0.29, 0.717) is 6.54 Å². The normalized spacial score (nSPS) is 16.4. The van der Waals surface area contributed by atoms with Crippen LogP contribution in [0.5, 0.6) is 0 Å². The predicted octanol–water partition coefficient (Wildman–Crippen LogP) is 3.93. The van der Waals surface area contributed by atoms with Crippen molar-refractivity contribution in [3.05, 3.63) is 62.9 Å². The molecule has 3 rings (SSSR count). The van der Waals surface area contributed by atoms with Gasteiger partial charge in [0, 0.05) is 37.1 Å². The third-order valence-electron chi connectivity index (χ3n) is 5.27. The third-order valence-corrected chi connectivity index (χ3v) is 5.59. The van der Waals surface area contributed by atoms with E-state index in [-0.39, 0.29) is 28.2 Å². The van der Waals surface area contributed by atoms with Crippen LogP contribution < -0.4 is 5.32 Å². The maximum absolute atomic E-state index is 12.6. The number of nitrogens with zero attached hydrogens (tertiary/aromatic N) is 3. The van der Waals surface area contributed by atoms with Crippen LogP contribution in [0.3, 0.4) is 0 Å². The van der Waals surface area contributed by atoms with E-state index < -0.39 is 4.92 Å². The van der Waals surface area contributed by atoms with Gasteiger partial charge in [-0.15, -0.1) is 0 Å². The molecule has 8 heteroatoms. The third kappa shape index (κ3) is 4.72. The molecule has 0 aliphatic carbocycles. The lowest BCUT2D eigenvalue weighted by atomic mass is 10.1. The summed E-state index contributed by atoms with van der Waals surface area (Å²) in [6.07, 6.45) is 6.77. The fraction of sp³-hybridized carbons (Fsp3) is 0.450. The summed E-state index contributed by atoms with van der Waals surface area (Å²) in [5.74, 6) is -0.339. The van der Waals surface area contributed by atoms with Crippen molar-refractivity contribution in [3.8, 4) is 0 Å². The zero-order chi connectivity index (χ0) is 20.1. The number of nitrogens with one attached hydrogen (secondary N) is 1. The molecular formula is C20H25ClN4O3. The summed E-state index contributed by atoms with van der Waals surface area (Å²) in [4.78, 5) is 25.6. The van der Waals surface area contributed by atoms with Gasteiger partial charge in [0.2, 0.25) is 0 Å². The quantitative estimate of drug-likeness (QED) is 0.584. The van der Waals surface area contributed by atoms with Crippen LogP contribution in [0.4, 0.5) is 5.69 Å². The van der Waals surface area contributed by atoms with Gasteiger partial charge in [0.25, 0.3) is 11.6 Å². The van der Waals surface area contributed by atoms with E-state index in [1.54, 1.807) is 0 Å². The Kier molecular flexibility index (Phi) is 6.70. The lowest BCUT2D eigenvalue weighted by molar-refractivity contribution is -0.384. The second-order valence-electron chi connectivity index (χ2n) is 7.14. The van der Waals surface area contributed by atoms with E-state index in [9.17, 15) is 14.9 Å². The first-order valence-corrected chi connectivity index (χ1v) is 9.92. The van der Waals surface area contributed by atoms with Gasteiger partial charge in [0.1, 0.15) is 5.02 Å². The molecule has 1 aliphatic rings. The molecule has 1 fully saturated rings. The minimum Gasteiger partial charge on any atom is -0.353 e. The molecule has 1 N–H and O–H groups in total.